The average Bonchev–Trinajstić information content (AvgIpc) is 2.51. The number of carbonyl (C=O) groups excluding carboxylic acids is 1. The monoisotopic (exact) mass is 266 g/mol. The molecule has 3 rings (SSSR count). The van der Waals surface area contributed by atoms with Crippen molar-refractivity contribution in [3.8, 4) is 0 Å². The first-order valence-electron chi connectivity index (χ1n) is 6.94. The molecule has 0 spiro atoms. The van der Waals surface area contributed by atoms with Crippen LogP contribution in [0.15, 0.2) is 54.6 Å². The summed E-state index contributed by atoms with van der Waals surface area (Å²) in [7, 11) is 0. The molecule has 102 valence electrons. The summed E-state index contributed by atoms with van der Waals surface area (Å²) in [5, 5.41) is 0. The molecule has 0 saturated carbocycles. The fourth-order valence-electron chi connectivity index (χ4n) is 2.70. The van der Waals surface area contributed by atoms with E-state index < -0.39 is 0 Å². The maximum Gasteiger partial charge on any atom is 0.227 e. The molecule has 3 nitrogen and oxygen atoms in total. The largest absolute Gasteiger partial charge is 0.322 e. The summed E-state index contributed by atoms with van der Waals surface area (Å²) in [6.07, 6.45) is 1.39. The summed E-state index contributed by atoms with van der Waals surface area (Å²) in [6.45, 7) is 0.528. The summed E-state index contributed by atoms with van der Waals surface area (Å²) < 4.78 is 0. The number of aryl methyl sites for hydroxylation is 1. The molecule has 1 unspecified atom stereocenters. The Morgan fingerprint density at radius 3 is 2.50 bits per heavy atom. The van der Waals surface area contributed by atoms with Gasteiger partial charge in [0.05, 0.1) is 0 Å². The smallest absolute Gasteiger partial charge is 0.227 e. The van der Waals surface area contributed by atoms with Crippen molar-refractivity contribution in [2.45, 2.75) is 18.9 Å². The van der Waals surface area contributed by atoms with E-state index in [0.717, 1.165) is 17.7 Å². The molecular formula is C17H18N2O. The number of benzene rings is 2. The van der Waals surface area contributed by atoms with Gasteiger partial charge in [-0.15, -0.1) is 0 Å². The van der Waals surface area contributed by atoms with Gasteiger partial charge in [0.15, 0.2) is 0 Å². The van der Waals surface area contributed by atoms with Crippen molar-refractivity contribution >= 4 is 11.6 Å². The molecule has 0 aromatic heterocycles. The lowest BCUT2D eigenvalue weighted by atomic mass is 9.99. The van der Waals surface area contributed by atoms with Crippen molar-refractivity contribution in [1.29, 1.82) is 0 Å². The second-order valence-electron chi connectivity index (χ2n) is 5.15. The minimum absolute atomic E-state index is 0.161. The maximum atomic E-state index is 12.2. The van der Waals surface area contributed by atoms with Crippen molar-refractivity contribution < 1.29 is 4.79 Å². The molecule has 2 aromatic rings. The molecule has 0 fully saturated rings. The van der Waals surface area contributed by atoms with Gasteiger partial charge in [-0.05, 0) is 23.6 Å². The Balaban J connectivity index is 1.85. The standard InChI is InChI=1S/C17H18N2O/c18-15(13-6-2-1-3-7-13)12-19-16-9-5-4-8-14(16)10-11-17(19)20/h1-9,15H,10-12,18H2. The van der Waals surface area contributed by atoms with Crippen LogP contribution in [0.3, 0.4) is 0 Å². The highest BCUT2D eigenvalue weighted by atomic mass is 16.2. The third-order valence-electron chi connectivity index (χ3n) is 3.80. The van der Waals surface area contributed by atoms with Gasteiger partial charge < -0.3 is 10.6 Å². The lowest BCUT2D eigenvalue weighted by Gasteiger charge is -2.31. The molecule has 1 amide bonds. The SMILES string of the molecule is NC(CN1C(=O)CCc2ccccc21)c1ccccc1. The molecule has 1 atom stereocenters. The number of rotatable bonds is 3. The van der Waals surface area contributed by atoms with Crippen LogP contribution in [-0.2, 0) is 11.2 Å². The number of nitrogens with zero attached hydrogens (tertiary/aromatic N) is 1. The molecule has 0 radical (unpaired) electrons. The molecule has 0 aliphatic carbocycles. The van der Waals surface area contributed by atoms with E-state index in [2.05, 4.69) is 6.07 Å². The Morgan fingerprint density at radius 1 is 1.00 bits per heavy atom. The van der Waals surface area contributed by atoms with E-state index in [-0.39, 0.29) is 11.9 Å². The topological polar surface area (TPSA) is 46.3 Å². The van der Waals surface area contributed by atoms with Crippen LogP contribution >= 0.6 is 0 Å². The molecule has 0 bridgehead atoms. The lowest BCUT2D eigenvalue weighted by molar-refractivity contribution is -0.119. The molecule has 0 saturated heterocycles. The van der Waals surface area contributed by atoms with Crippen LogP contribution in [0, 0.1) is 0 Å². The first kappa shape index (κ1) is 12.9. The highest BCUT2D eigenvalue weighted by molar-refractivity contribution is 5.96. The Morgan fingerprint density at radius 2 is 1.70 bits per heavy atom. The predicted molar refractivity (Wildman–Crippen MR) is 80.5 cm³/mol. The first-order valence-corrected chi connectivity index (χ1v) is 6.94. The summed E-state index contributed by atoms with van der Waals surface area (Å²) in [4.78, 5) is 14.0. The highest BCUT2D eigenvalue weighted by Gasteiger charge is 2.25. The quantitative estimate of drug-likeness (QED) is 0.928. The second-order valence-corrected chi connectivity index (χ2v) is 5.15. The Kier molecular flexibility index (Phi) is 3.52. The molecule has 2 N–H and O–H groups in total. The minimum atomic E-state index is -0.161. The van der Waals surface area contributed by atoms with Gasteiger partial charge in [0, 0.05) is 24.7 Å². The Hall–Kier alpha value is -2.13. The number of hydrogen-bond donors (Lipinski definition) is 1. The van der Waals surface area contributed by atoms with Gasteiger partial charge in [0.25, 0.3) is 0 Å². The van der Waals surface area contributed by atoms with Gasteiger partial charge in [-0.1, -0.05) is 48.5 Å². The normalized spacial score (nSPS) is 15.8. The fourth-order valence-corrected chi connectivity index (χ4v) is 2.70. The van der Waals surface area contributed by atoms with Gasteiger partial charge >= 0.3 is 0 Å². The van der Waals surface area contributed by atoms with Crippen molar-refractivity contribution in [2.75, 3.05) is 11.4 Å². The first-order chi connectivity index (χ1) is 9.75. The van der Waals surface area contributed by atoms with E-state index in [1.165, 1.54) is 5.56 Å². The van der Waals surface area contributed by atoms with Gasteiger partial charge in [0.2, 0.25) is 5.91 Å². The number of fused-ring (bicyclic) bond motifs is 1. The third kappa shape index (κ3) is 2.45. The third-order valence-corrected chi connectivity index (χ3v) is 3.80. The zero-order chi connectivity index (χ0) is 13.9. The Bertz CT molecular complexity index is 609. The minimum Gasteiger partial charge on any atom is -0.322 e. The second kappa shape index (κ2) is 5.47. The van der Waals surface area contributed by atoms with Crippen LogP contribution in [0.2, 0.25) is 0 Å². The van der Waals surface area contributed by atoms with Gasteiger partial charge in [0.1, 0.15) is 0 Å². The lowest BCUT2D eigenvalue weighted by Crippen LogP contribution is -2.40. The summed E-state index contributed by atoms with van der Waals surface area (Å²) in [5.41, 5.74) is 9.55. The van der Waals surface area contributed by atoms with E-state index in [1.54, 1.807) is 0 Å². The van der Waals surface area contributed by atoms with Crippen LogP contribution in [0.4, 0.5) is 5.69 Å². The molecule has 1 aliphatic heterocycles. The van der Waals surface area contributed by atoms with Crippen LogP contribution in [0.5, 0.6) is 0 Å². The average molecular weight is 266 g/mol. The van der Waals surface area contributed by atoms with E-state index in [1.807, 2.05) is 53.4 Å². The predicted octanol–water partition coefficient (Wildman–Crippen LogP) is 2.67. The summed E-state index contributed by atoms with van der Waals surface area (Å²) in [5.74, 6) is 0.162. The van der Waals surface area contributed by atoms with Crippen molar-refractivity contribution in [1.82, 2.24) is 0 Å². The number of hydrogen-bond acceptors (Lipinski definition) is 2. The van der Waals surface area contributed by atoms with Crippen molar-refractivity contribution in [2.24, 2.45) is 5.73 Å². The molecule has 1 heterocycles. The molecular weight excluding hydrogens is 248 g/mol. The fraction of sp³-hybridized carbons (Fsp3) is 0.235. The Labute approximate surface area is 119 Å². The van der Waals surface area contributed by atoms with Crippen LogP contribution < -0.4 is 10.6 Å². The molecule has 3 heteroatoms. The zero-order valence-corrected chi connectivity index (χ0v) is 11.3. The van der Waals surface area contributed by atoms with E-state index in [4.69, 9.17) is 5.73 Å². The number of amides is 1. The zero-order valence-electron chi connectivity index (χ0n) is 11.3. The van der Waals surface area contributed by atoms with E-state index in [9.17, 15) is 4.79 Å². The van der Waals surface area contributed by atoms with Crippen LogP contribution in [-0.4, -0.2) is 12.5 Å². The van der Waals surface area contributed by atoms with Crippen LogP contribution in [0.25, 0.3) is 0 Å². The molecule has 20 heavy (non-hydrogen) atoms. The van der Waals surface area contributed by atoms with Gasteiger partial charge in [-0.3, -0.25) is 4.79 Å². The van der Waals surface area contributed by atoms with Gasteiger partial charge in [-0.2, -0.15) is 0 Å². The number of carbonyl (C=O) groups is 1. The van der Waals surface area contributed by atoms with Crippen molar-refractivity contribution in [3.63, 3.8) is 0 Å². The van der Waals surface area contributed by atoms with Gasteiger partial charge in [-0.25, -0.2) is 0 Å². The van der Waals surface area contributed by atoms with Crippen LogP contribution in [0.1, 0.15) is 23.6 Å². The van der Waals surface area contributed by atoms with E-state index >= 15 is 0 Å². The number of para-hydroxylation sites is 1. The van der Waals surface area contributed by atoms with Crippen molar-refractivity contribution in [3.05, 3.63) is 65.7 Å². The molecule has 1 aliphatic rings. The maximum absolute atomic E-state index is 12.2. The summed E-state index contributed by atoms with van der Waals surface area (Å²) in [6, 6.07) is 17.8. The molecule has 2 aromatic carbocycles. The number of nitrogens with two attached hydrogens (primary N) is 1. The van der Waals surface area contributed by atoms with E-state index in [0.29, 0.717) is 13.0 Å². The summed E-state index contributed by atoms with van der Waals surface area (Å²) >= 11 is 0. The highest BCUT2D eigenvalue weighted by Crippen LogP contribution is 2.28. The number of anilines is 1.